The summed E-state index contributed by atoms with van der Waals surface area (Å²) in [6.07, 6.45) is 8.46. The van der Waals surface area contributed by atoms with Crippen LogP contribution < -0.4 is 15.0 Å². The highest BCUT2D eigenvalue weighted by Crippen LogP contribution is 2.39. The molecule has 28 heavy (non-hydrogen) atoms. The summed E-state index contributed by atoms with van der Waals surface area (Å²) < 4.78 is 7.26. The summed E-state index contributed by atoms with van der Waals surface area (Å²) in [5.74, 6) is 1.98. The molecular weight excluding hydrogens is 348 g/mol. The normalized spacial score (nSPS) is 14.8. The van der Waals surface area contributed by atoms with E-state index in [0.717, 1.165) is 30.2 Å². The Hall–Kier alpha value is -3.47. The molecule has 5 rings (SSSR count). The molecule has 0 saturated heterocycles. The van der Waals surface area contributed by atoms with E-state index in [9.17, 15) is 0 Å². The van der Waals surface area contributed by atoms with Crippen molar-refractivity contribution in [2.45, 2.75) is 0 Å². The van der Waals surface area contributed by atoms with E-state index in [1.165, 1.54) is 28.0 Å². The fraction of sp³-hybridized carbons (Fsp3) is 0.174. The van der Waals surface area contributed by atoms with E-state index in [4.69, 9.17) is 4.74 Å². The molecule has 0 spiro atoms. The minimum Gasteiger partial charge on any atom is -0.497 e. The molecule has 0 amide bonds. The molecule has 0 saturated carbocycles. The van der Waals surface area contributed by atoms with Crippen molar-refractivity contribution >= 4 is 29.4 Å². The highest BCUT2D eigenvalue weighted by atomic mass is 16.5. The van der Waals surface area contributed by atoms with Gasteiger partial charge in [-0.3, -0.25) is 0 Å². The molecule has 2 aliphatic heterocycles. The number of methoxy groups -OCH3 is 1. The molecule has 3 aromatic rings. The van der Waals surface area contributed by atoms with E-state index < -0.39 is 0 Å². The molecule has 3 heterocycles. The van der Waals surface area contributed by atoms with Crippen LogP contribution >= 0.6 is 0 Å². The largest absolute Gasteiger partial charge is 0.497 e. The fourth-order valence-electron chi connectivity index (χ4n) is 3.99. The number of hydrogen-bond donors (Lipinski definition) is 1. The van der Waals surface area contributed by atoms with Crippen molar-refractivity contribution < 1.29 is 4.74 Å². The van der Waals surface area contributed by atoms with Gasteiger partial charge in [0.2, 0.25) is 0 Å². The topological polar surface area (TPSA) is 42.3 Å². The number of aromatic nitrogens is 2. The van der Waals surface area contributed by atoms with Gasteiger partial charge in [-0.05, 0) is 34.9 Å². The van der Waals surface area contributed by atoms with E-state index in [2.05, 4.69) is 71.0 Å². The molecule has 2 aromatic carbocycles. The van der Waals surface area contributed by atoms with E-state index in [1.807, 2.05) is 23.0 Å². The van der Waals surface area contributed by atoms with Gasteiger partial charge in [-0.1, -0.05) is 36.4 Å². The predicted molar refractivity (Wildman–Crippen MR) is 116 cm³/mol. The third-order valence-electron chi connectivity index (χ3n) is 5.37. The Bertz CT molecular complexity index is 1090. The lowest BCUT2D eigenvalue weighted by Gasteiger charge is -2.28. The van der Waals surface area contributed by atoms with Gasteiger partial charge in [0.25, 0.3) is 0 Å². The highest BCUT2D eigenvalue weighted by Gasteiger charge is 2.23. The van der Waals surface area contributed by atoms with Crippen molar-refractivity contribution in [3.05, 3.63) is 65.9 Å². The number of likely N-dealkylation sites (N-methyl/N-ethyl adjacent to an activating group) is 1. The van der Waals surface area contributed by atoms with Gasteiger partial charge < -0.3 is 15.0 Å². The van der Waals surface area contributed by atoms with Gasteiger partial charge in [-0.25, -0.2) is 4.68 Å². The summed E-state index contributed by atoms with van der Waals surface area (Å²) in [5, 5.41) is 8.12. The van der Waals surface area contributed by atoms with Gasteiger partial charge in [0.05, 0.1) is 13.3 Å². The minimum absolute atomic E-state index is 0.828. The monoisotopic (exact) mass is 370 g/mol. The first-order valence-corrected chi connectivity index (χ1v) is 9.42. The minimum atomic E-state index is 0.828. The summed E-state index contributed by atoms with van der Waals surface area (Å²) in [7, 11) is 3.81. The zero-order valence-corrected chi connectivity index (χ0v) is 16.0. The lowest BCUT2D eigenvalue weighted by molar-refractivity contribution is 0.415. The van der Waals surface area contributed by atoms with Gasteiger partial charge in [0.15, 0.2) is 0 Å². The second-order valence-electron chi connectivity index (χ2n) is 7.12. The van der Waals surface area contributed by atoms with Crippen LogP contribution in [0.1, 0.15) is 11.1 Å². The number of hydrogen-bond acceptors (Lipinski definition) is 4. The lowest BCUT2D eigenvalue weighted by atomic mass is 9.97. The lowest BCUT2D eigenvalue weighted by Crippen LogP contribution is -2.26. The molecule has 0 radical (unpaired) electrons. The molecule has 5 nitrogen and oxygen atoms in total. The van der Waals surface area contributed by atoms with Crippen LogP contribution in [0.25, 0.3) is 29.0 Å². The van der Waals surface area contributed by atoms with Crippen LogP contribution in [-0.4, -0.2) is 37.0 Å². The number of nitrogens with one attached hydrogen (secondary N) is 1. The van der Waals surface area contributed by atoms with Crippen LogP contribution in [0.2, 0.25) is 0 Å². The Balaban J connectivity index is 1.58. The SMILES string of the molecule is COc1ccc(C2=Cn3ncc(-c4cccc5c4C=CCN5)c3N(C)C2)cc1. The van der Waals surface area contributed by atoms with E-state index in [0.29, 0.717) is 0 Å². The first-order chi connectivity index (χ1) is 13.7. The summed E-state index contributed by atoms with van der Waals surface area (Å²) in [4.78, 5) is 2.27. The molecule has 0 bridgehead atoms. The van der Waals surface area contributed by atoms with E-state index in [-0.39, 0.29) is 0 Å². The van der Waals surface area contributed by atoms with Crippen molar-refractivity contribution in [3.8, 4) is 16.9 Å². The van der Waals surface area contributed by atoms with Gasteiger partial charge in [-0.2, -0.15) is 5.10 Å². The quantitative estimate of drug-likeness (QED) is 0.740. The Kier molecular flexibility index (Phi) is 3.93. The van der Waals surface area contributed by atoms with Gasteiger partial charge in [0, 0.05) is 43.2 Å². The number of fused-ring (bicyclic) bond motifs is 2. The first-order valence-electron chi connectivity index (χ1n) is 9.42. The zero-order chi connectivity index (χ0) is 19.1. The van der Waals surface area contributed by atoms with E-state index >= 15 is 0 Å². The van der Waals surface area contributed by atoms with Crippen LogP contribution in [-0.2, 0) is 0 Å². The number of benzene rings is 2. The highest BCUT2D eigenvalue weighted by molar-refractivity contribution is 5.92. The van der Waals surface area contributed by atoms with Crippen molar-refractivity contribution in [1.82, 2.24) is 9.78 Å². The smallest absolute Gasteiger partial charge is 0.139 e. The van der Waals surface area contributed by atoms with Crippen LogP contribution in [0.3, 0.4) is 0 Å². The summed E-state index contributed by atoms with van der Waals surface area (Å²) >= 11 is 0. The molecule has 5 heteroatoms. The maximum absolute atomic E-state index is 5.27. The summed E-state index contributed by atoms with van der Waals surface area (Å²) in [6.45, 7) is 1.70. The van der Waals surface area contributed by atoms with Crippen molar-refractivity contribution in [1.29, 1.82) is 0 Å². The molecule has 0 unspecified atom stereocenters. The third-order valence-corrected chi connectivity index (χ3v) is 5.37. The van der Waals surface area contributed by atoms with Gasteiger partial charge in [-0.15, -0.1) is 0 Å². The van der Waals surface area contributed by atoms with Crippen LogP contribution in [0, 0.1) is 0 Å². The Morgan fingerprint density at radius 1 is 1.07 bits per heavy atom. The fourth-order valence-corrected chi connectivity index (χ4v) is 3.99. The molecule has 1 aromatic heterocycles. The zero-order valence-electron chi connectivity index (χ0n) is 16.0. The first kappa shape index (κ1) is 16.7. The van der Waals surface area contributed by atoms with Crippen LogP contribution in [0.15, 0.2) is 54.7 Å². The molecule has 0 aliphatic carbocycles. The van der Waals surface area contributed by atoms with Crippen LogP contribution in [0.5, 0.6) is 5.75 Å². The second-order valence-corrected chi connectivity index (χ2v) is 7.12. The predicted octanol–water partition coefficient (Wildman–Crippen LogP) is 4.45. The maximum Gasteiger partial charge on any atom is 0.139 e. The van der Waals surface area contributed by atoms with Gasteiger partial charge >= 0.3 is 0 Å². The van der Waals surface area contributed by atoms with E-state index in [1.54, 1.807) is 7.11 Å². The Morgan fingerprint density at radius 2 is 1.93 bits per heavy atom. The Morgan fingerprint density at radius 3 is 2.75 bits per heavy atom. The Labute approximate surface area is 164 Å². The molecule has 140 valence electrons. The third kappa shape index (κ3) is 2.67. The number of ether oxygens (including phenoxy) is 1. The molecule has 0 fully saturated rings. The molecular formula is C23H22N4O. The average Bonchev–Trinajstić information content (AvgIpc) is 3.18. The number of anilines is 2. The average molecular weight is 370 g/mol. The second kappa shape index (κ2) is 6.60. The van der Waals surface area contributed by atoms with Crippen molar-refractivity contribution in [2.24, 2.45) is 0 Å². The summed E-state index contributed by atoms with van der Waals surface area (Å²) in [6, 6.07) is 14.6. The van der Waals surface area contributed by atoms with Crippen molar-refractivity contribution in [2.75, 3.05) is 37.5 Å². The molecule has 2 aliphatic rings. The number of rotatable bonds is 3. The molecule has 1 N–H and O–H groups in total. The molecule has 0 atom stereocenters. The van der Waals surface area contributed by atoms with Gasteiger partial charge in [0.1, 0.15) is 11.6 Å². The number of nitrogens with zero attached hydrogens (tertiary/aromatic N) is 3. The van der Waals surface area contributed by atoms with Crippen LogP contribution in [0.4, 0.5) is 11.5 Å². The summed E-state index contributed by atoms with van der Waals surface area (Å²) in [5.41, 5.74) is 7.16. The van der Waals surface area contributed by atoms with Crippen molar-refractivity contribution in [3.63, 3.8) is 0 Å². The maximum atomic E-state index is 5.27. The standard InChI is InChI=1S/C23H22N4O/c1-26-14-17(16-8-10-18(28-2)11-9-16)15-27-23(26)21(13-25-27)19-5-3-7-22-20(19)6-4-12-24-22/h3-11,13,15,24H,12,14H2,1-2H3.